The van der Waals surface area contributed by atoms with Crippen molar-refractivity contribution in [1.29, 1.82) is 0 Å². The van der Waals surface area contributed by atoms with Crippen molar-refractivity contribution in [3.05, 3.63) is 34.4 Å². The van der Waals surface area contributed by atoms with Gasteiger partial charge in [0.2, 0.25) is 11.8 Å². The van der Waals surface area contributed by atoms with Crippen molar-refractivity contribution in [2.24, 2.45) is 0 Å². The lowest BCUT2D eigenvalue weighted by Crippen LogP contribution is -1.81. The first-order valence-electron chi connectivity index (χ1n) is 4.98. The molecule has 0 saturated heterocycles. The molecular weight excluding hydrogens is 275 g/mol. The predicted octanol–water partition coefficient (Wildman–Crippen LogP) is 3.59. The number of halogens is 2. The highest BCUT2D eigenvalue weighted by molar-refractivity contribution is 9.10. The summed E-state index contributed by atoms with van der Waals surface area (Å²) in [6.45, 7) is 2.04. The Bertz CT molecular complexity index is 498. The highest BCUT2D eigenvalue weighted by atomic mass is 79.9. The largest absolute Gasteiger partial charge is 0.421 e. The van der Waals surface area contributed by atoms with Crippen LogP contribution in [0.5, 0.6) is 0 Å². The zero-order chi connectivity index (χ0) is 11.5. The summed E-state index contributed by atoms with van der Waals surface area (Å²) in [7, 11) is 0. The van der Waals surface area contributed by atoms with Crippen molar-refractivity contribution in [1.82, 2.24) is 10.2 Å². The van der Waals surface area contributed by atoms with Crippen molar-refractivity contribution < 1.29 is 8.81 Å². The van der Waals surface area contributed by atoms with E-state index in [2.05, 4.69) is 26.1 Å². The van der Waals surface area contributed by atoms with Crippen LogP contribution < -0.4 is 0 Å². The number of benzene rings is 1. The van der Waals surface area contributed by atoms with E-state index in [1.165, 1.54) is 6.07 Å². The number of aromatic nitrogens is 2. The summed E-state index contributed by atoms with van der Waals surface area (Å²) < 4.78 is 18.9. The van der Waals surface area contributed by atoms with Gasteiger partial charge in [-0.15, -0.1) is 10.2 Å². The van der Waals surface area contributed by atoms with Gasteiger partial charge in [-0.25, -0.2) is 4.39 Å². The Morgan fingerprint density at radius 1 is 1.38 bits per heavy atom. The van der Waals surface area contributed by atoms with Crippen LogP contribution in [0, 0.1) is 5.82 Å². The fraction of sp³-hybridized carbons (Fsp3) is 0.273. The number of aryl methyl sites for hydroxylation is 1. The summed E-state index contributed by atoms with van der Waals surface area (Å²) in [4.78, 5) is 0. The summed E-state index contributed by atoms with van der Waals surface area (Å²) in [5, 5.41) is 7.82. The van der Waals surface area contributed by atoms with E-state index in [0.717, 1.165) is 12.8 Å². The van der Waals surface area contributed by atoms with Crippen molar-refractivity contribution in [3.63, 3.8) is 0 Å². The molecule has 0 fully saturated rings. The van der Waals surface area contributed by atoms with Gasteiger partial charge >= 0.3 is 0 Å². The molecule has 5 heteroatoms. The third-order valence-corrected chi connectivity index (χ3v) is 2.70. The molecule has 0 amide bonds. The monoisotopic (exact) mass is 284 g/mol. The van der Waals surface area contributed by atoms with Crippen LogP contribution in [0.2, 0.25) is 0 Å². The topological polar surface area (TPSA) is 38.9 Å². The number of nitrogens with zero attached hydrogens (tertiary/aromatic N) is 2. The van der Waals surface area contributed by atoms with Gasteiger partial charge in [0, 0.05) is 12.0 Å². The molecule has 0 spiro atoms. The Morgan fingerprint density at radius 3 is 2.88 bits per heavy atom. The van der Waals surface area contributed by atoms with E-state index in [0.29, 0.717) is 21.8 Å². The van der Waals surface area contributed by atoms with E-state index in [-0.39, 0.29) is 5.82 Å². The van der Waals surface area contributed by atoms with Gasteiger partial charge in [-0.1, -0.05) is 6.92 Å². The van der Waals surface area contributed by atoms with E-state index >= 15 is 0 Å². The van der Waals surface area contributed by atoms with Crippen LogP contribution in [-0.2, 0) is 6.42 Å². The zero-order valence-corrected chi connectivity index (χ0v) is 10.3. The maximum absolute atomic E-state index is 13.0. The van der Waals surface area contributed by atoms with Crippen molar-refractivity contribution in [2.45, 2.75) is 19.8 Å². The molecule has 0 radical (unpaired) electrons. The molecule has 0 aliphatic rings. The summed E-state index contributed by atoms with van der Waals surface area (Å²) >= 11 is 3.12. The molecule has 1 heterocycles. The van der Waals surface area contributed by atoms with Gasteiger partial charge in [0.1, 0.15) is 5.82 Å². The van der Waals surface area contributed by atoms with Crippen molar-refractivity contribution >= 4 is 15.9 Å². The Labute approximate surface area is 101 Å². The lowest BCUT2D eigenvalue weighted by molar-refractivity contribution is 0.502. The molecule has 1 aromatic heterocycles. The number of hydrogen-bond donors (Lipinski definition) is 0. The summed E-state index contributed by atoms with van der Waals surface area (Å²) in [5.74, 6) is 0.721. The average molecular weight is 285 g/mol. The van der Waals surface area contributed by atoms with Crippen LogP contribution in [0.1, 0.15) is 19.2 Å². The predicted molar refractivity (Wildman–Crippen MR) is 61.4 cm³/mol. The minimum atomic E-state index is -0.308. The van der Waals surface area contributed by atoms with Gasteiger partial charge in [-0.05, 0) is 40.5 Å². The van der Waals surface area contributed by atoms with Gasteiger partial charge in [0.25, 0.3) is 0 Å². The van der Waals surface area contributed by atoms with Crippen molar-refractivity contribution in [3.8, 4) is 11.5 Å². The molecule has 0 aliphatic heterocycles. The van der Waals surface area contributed by atoms with Gasteiger partial charge in [-0.2, -0.15) is 0 Å². The first-order valence-corrected chi connectivity index (χ1v) is 5.78. The Morgan fingerprint density at radius 2 is 2.19 bits per heavy atom. The van der Waals surface area contributed by atoms with Crippen LogP contribution in [0.3, 0.4) is 0 Å². The molecule has 0 unspecified atom stereocenters. The first-order chi connectivity index (χ1) is 7.70. The molecule has 0 saturated carbocycles. The Hall–Kier alpha value is -1.23. The molecule has 0 N–H and O–H groups in total. The molecule has 0 bridgehead atoms. The second-order valence-electron chi connectivity index (χ2n) is 3.38. The fourth-order valence-electron chi connectivity index (χ4n) is 1.31. The maximum Gasteiger partial charge on any atom is 0.247 e. The zero-order valence-electron chi connectivity index (χ0n) is 8.70. The molecule has 1 aromatic carbocycles. The highest BCUT2D eigenvalue weighted by Crippen LogP contribution is 2.24. The fourth-order valence-corrected chi connectivity index (χ4v) is 1.69. The van der Waals surface area contributed by atoms with Gasteiger partial charge in [-0.3, -0.25) is 0 Å². The number of rotatable bonds is 3. The molecular formula is C11H10BrFN2O. The second-order valence-corrected chi connectivity index (χ2v) is 4.23. The van der Waals surface area contributed by atoms with Crippen molar-refractivity contribution in [2.75, 3.05) is 0 Å². The lowest BCUT2D eigenvalue weighted by atomic mass is 10.2. The standard InChI is InChI=1S/C11H10BrFN2O/c1-2-3-10-14-15-11(16-10)7-4-5-9(13)8(12)6-7/h4-6H,2-3H2,1H3. The van der Waals surface area contributed by atoms with Crippen LogP contribution in [0.25, 0.3) is 11.5 Å². The molecule has 3 nitrogen and oxygen atoms in total. The van der Waals surface area contributed by atoms with Gasteiger partial charge < -0.3 is 4.42 Å². The molecule has 0 atom stereocenters. The molecule has 16 heavy (non-hydrogen) atoms. The summed E-state index contributed by atoms with van der Waals surface area (Å²) in [6.07, 6.45) is 1.71. The van der Waals surface area contributed by atoms with Crippen LogP contribution in [0.4, 0.5) is 4.39 Å². The molecule has 84 valence electrons. The third kappa shape index (κ3) is 2.29. The Balaban J connectivity index is 2.31. The van der Waals surface area contributed by atoms with E-state index in [4.69, 9.17) is 4.42 Å². The van der Waals surface area contributed by atoms with E-state index < -0.39 is 0 Å². The minimum Gasteiger partial charge on any atom is -0.421 e. The van der Waals surface area contributed by atoms with Crippen LogP contribution >= 0.6 is 15.9 Å². The first kappa shape index (κ1) is 11.3. The quantitative estimate of drug-likeness (QED) is 0.865. The molecule has 2 aromatic rings. The molecule has 0 aliphatic carbocycles. The summed E-state index contributed by atoms with van der Waals surface area (Å²) in [6, 6.07) is 4.60. The number of hydrogen-bond acceptors (Lipinski definition) is 3. The normalized spacial score (nSPS) is 10.7. The third-order valence-electron chi connectivity index (χ3n) is 2.10. The SMILES string of the molecule is CCCc1nnc(-c2ccc(F)c(Br)c2)o1. The second kappa shape index (κ2) is 4.74. The average Bonchev–Trinajstić information content (AvgIpc) is 2.71. The summed E-state index contributed by atoms with van der Waals surface area (Å²) in [5.41, 5.74) is 0.711. The van der Waals surface area contributed by atoms with E-state index in [1.807, 2.05) is 6.92 Å². The van der Waals surface area contributed by atoms with Gasteiger partial charge in [0.05, 0.1) is 4.47 Å². The van der Waals surface area contributed by atoms with E-state index in [9.17, 15) is 4.39 Å². The van der Waals surface area contributed by atoms with E-state index in [1.54, 1.807) is 12.1 Å². The van der Waals surface area contributed by atoms with Crippen LogP contribution in [0.15, 0.2) is 27.1 Å². The Kier molecular flexibility index (Phi) is 3.33. The van der Waals surface area contributed by atoms with Gasteiger partial charge in [0.15, 0.2) is 0 Å². The maximum atomic E-state index is 13.0. The lowest BCUT2D eigenvalue weighted by Gasteiger charge is -1.97. The molecule has 2 rings (SSSR count). The highest BCUT2D eigenvalue weighted by Gasteiger charge is 2.09. The van der Waals surface area contributed by atoms with Crippen LogP contribution in [-0.4, -0.2) is 10.2 Å². The minimum absolute atomic E-state index is 0.308. The smallest absolute Gasteiger partial charge is 0.247 e.